The molecule has 28 heavy (non-hydrogen) atoms. The highest BCUT2D eigenvalue weighted by Gasteiger charge is 2.16. The van der Waals surface area contributed by atoms with Gasteiger partial charge in [0.05, 0.1) is 12.7 Å². The quantitative estimate of drug-likeness (QED) is 0.639. The fraction of sp³-hybridized carbons (Fsp3) is 0.364. The van der Waals surface area contributed by atoms with E-state index in [2.05, 4.69) is 49.7 Å². The number of aromatic nitrogens is 1. The van der Waals surface area contributed by atoms with E-state index in [1.54, 1.807) is 22.7 Å². The molecule has 0 saturated carbocycles. The summed E-state index contributed by atoms with van der Waals surface area (Å²) in [6.45, 7) is 11.6. The number of likely N-dealkylation sites (N-methyl/N-ethyl adjacent to an activating group) is 1. The van der Waals surface area contributed by atoms with Crippen molar-refractivity contribution in [2.75, 3.05) is 18.9 Å². The molecule has 1 unspecified atom stereocenters. The molecule has 0 aliphatic carbocycles. The average Bonchev–Trinajstić information content (AvgIpc) is 3.16. The van der Waals surface area contributed by atoms with Crippen LogP contribution >= 0.6 is 22.7 Å². The summed E-state index contributed by atoms with van der Waals surface area (Å²) < 4.78 is 0. The lowest BCUT2D eigenvalue weighted by atomic mass is 10.1. The SMILES string of the molecule is Cc1cc(C)c(NC(=O)C[NH+](C)Cc2nc(-c3cc(C)sc3C)cs2)c(C)c1. The topological polar surface area (TPSA) is 46.4 Å². The van der Waals surface area contributed by atoms with Crippen LogP contribution in [0.1, 0.15) is 31.5 Å². The third kappa shape index (κ3) is 4.87. The Morgan fingerprint density at radius 2 is 1.79 bits per heavy atom. The maximum atomic E-state index is 12.5. The van der Waals surface area contributed by atoms with Crippen LogP contribution in [0.5, 0.6) is 0 Å². The molecule has 1 amide bonds. The summed E-state index contributed by atoms with van der Waals surface area (Å²) in [5, 5.41) is 6.27. The predicted octanol–water partition coefficient (Wildman–Crippen LogP) is 4.07. The number of quaternary nitrogens is 1. The lowest BCUT2D eigenvalue weighted by Crippen LogP contribution is -3.08. The predicted molar refractivity (Wildman–Crippen MR) is 120 cm³/mol. The van der Waals surface area contributed by atoms with Crippen LogP contribution < -0.4 is 10.2 Å². The molecule has 0 aliphatic rings. The van der Waals surface area contributed by atoms with E-state index in [0.717, 1.165) is 39.0 Å². The van der Waals surface area contributed by atoms with Gasteiger partial charge in [-0.05, 0) is 51.8 Å². The number of hydrogen-bond donors (Lipinski definition) is 2. The van der Waals surface area contributed by atoms with Crippen molar-refractivity contribution >= 4 is 34.3 Å². The largest absolute Gasteiger partial charge is 0.324 e. The number of hydrogen-bond acceptors (Lipinski definition) is 4. The number of thiophene rings is 1. The average molecular weight is 415 g/mol. The third-order valence-electron chi connectivity index (χ3n) is 4.73. The van der Waals surface area contributed by atoms with Crippen LogP contribution in [-0.2, 0) is 11.3 Å². The Hall–Kier alpha value is -2.02. The van der Waals surface area contributed by atoms with Gasteiger partial charge in [-0.1, -0.05) is 17.7 Å². The van der Waals surface area contributed by atoms with E-state index >= 15 is 0 Å². The molecule has 0 bridgehead atoms. The molecule has 0 aliphatic heterocycles. The van der Waals surface area contributed by atoms with Crippen LogP contribution in [0.25, 0.3) is 11.3 Å². The molecule has 0 spiro atoms. The zero-order valence-electron chi connectivity index (χ0n) is 17.4. The Balaban J connectivity index is 1.61. The number of aryl methyl sites for hydroxylation is 5. The summed E-state index contributed by atoms with van der Waals surface area (Å²) in [4.78, 5) is 21.1. The minimum atomic E-state index is 0.0358. The number of thiazole rings is 1. The van der Waals surface area contributed by atoms with Gasteiger partial charge in [-0.3, -0.25) is 4.79 Å². The van der Waals surface area contributed by atoms with Crippen LogP contribution in [0.2, 0.25) is 0 Å². The number of rotatable bonds is 6. The molecule has 0 fully saturated rings. The lowest BCUT2D eigenvalue weighted by molar-refractivity contribution is -0.885. The van der Waals surface area contributed by atoms with Gasteiger partial charge in [0.1, 0.15) is 11.6 Å². The van der Waals surface area contributed by atoms with Crippen molar-refractivity contribution < 1.29 is 9.69 Å². The van der Waals surface area contributed by atoms with Gasteiger partial charge in [-0.15, -0.1) is 22.7 Å². The van der Waals surface area contributed by atoms with E-state index in [-0.39, 0.29) is 5.91 Å². The fourth-order valence-electron chi connectivity index (χ4n) is 3.56. The second-order valence-electron chi connectivity index (χ2n) is 7.59. The first-order valence-corrected chi connectivity index (χ1v) is 11.1. The molecule has 2 heterocycles. The summed E-state index contributed by atoms with van der Waals surface area (Å²) in [5.74, 6) is 0.0358. The number of amides is 1. The standard InChI is InChI=1S/C22H27N3OS2/c1-13-7-14(2)22(15(3)8-13)24-20(26)10-25(6)11-21-23-19(12-27-21)18-9-16(4)28-17(18)5/h7-9,12H,10-11H2,1-6H3,(H,24,26)/p+1. The van der Waals surface area contributed by atoms with Gasteiger partial charge in [0.2, 0.25) is 0 Å². The van der Waals surface area contributed by atoms with Crippen molar-refractivity contribution in [3.63, 3.8) is 0 Å². The number of nitrogens with zero attached hydrogens (tertiary/aromatic N) is 1. The third-order valence-corrected chi connectivity index (χ3v) is 6.54. The summed E-state index contributed by atoms with van der Waals surface area (Å²) in [6.07, 6.45) is 0. The highest BCUT2D eigenvalue weighted by molar-refractivity contribution is 7.12. The second-order valence-corrected chi connectivity index (χ2v) is 9.99. The molecule has 0 saturated heterocycles. The first-order chi connectivity index (χ1) is 13.2. The summed E-state index contributed by atoms with van der Waals surface area (Å²) >= 11 is 3.48. The van der Waals surface area contributed by atoms with Gasteiger partial charge in [0.15, 0.2) is 6.54 Å². The van der Waals surface area contributed by atoms with Crippen LogP contribution in [0, 0.1) is 34.6 Å². The van der Waals surface area contributed by atoms with E-state index in [1.807, 2.05) is 20.9 Å². The first kappa shape index (κ1) is 20.7. The maximum Gasteiger partial charge on any atom is 0.279 e. The van der Waals surface area contributed by atoms with E-state index in [0.29, 0.717) is 6.54 Å². The number of carbonyl (C=O) groups excluding carboxylic acids is 1. The van der Waals surface area contributed by atoms with E-state index < -0.39 is 0 Å². The molecule has 1 aromatic carbocycles. The van der Waals surface area contributed by atoms with E-state index in [1.165, 1.54) is 20.9 Å². The van der Waals surface area contributed by atoms with Crippen LogP contribution in [0.4, 0.5) is 5.69 Å². The van der Waals surface area contributed by atoms with Crippen molar-refractivity contribution in [1.29, 1.82) is 0 Å². The number of anilines is 1. The molecule has 2 N–H and O–H groups in total. The maximum absolute atomic E-state index is 12.5. The highest BCUT2D eigenvalue weighted by atomic mass is 32.1. The summed E-state index contributed by atoms with van der Waals surface area (Å²) in [7, 11) is 2.04. The molecule has 3 aromatic rings. The lowest BCUT2D eigenvalue weighted by Gasteiger charge is -2.15. The molecule has 6 heteroatoms. The minimum absolute atomic E-state index is 0.0358. The van der Waals surface area contributed by atoms with Crippen LogP contribution in [0.15, 0.2) is 23.6 Å². The fourth-order valence-corrected chi connectivity index (χ4v) is 5.40. The van der Waals surface area contributed by atoms with Gasteiger partial charge in [0, 0.05) is 26.4 Å². The molecule has 148 valence electrons. The molecule has 3 rings (SSSR count). The van der Waals surface area contributed by atoms with Crippen molar-refractivity contribution in [2.24, 2.45) is 0 Å². The molecule has 4 nitrogen and oxygen atoms in total. The molecule has 2 aromatic heterocycles. The van der Waals surface area contributed by atoms with Crippen molar-refractivity contribution in [3.05, 3.63) is 55.0 Å². The van der Waals surface area contributed by atoms with Gasteiger partial charge >= 0.3 is 0 Å². The van der Waals surface area contributed by atoms with Gasteiger partial charge in [-0.2, -0.15) is 0 Å². The Labute approximate surface area is 175 Å². The Bertz CT molecular complexity index is 980. The first-order valence-electron chi connectivity index (χ1n) is 9.43. The highest BCUT2D eigenvalue weighted by Crippen LogP contribution is 2.31. The normalized spacial score (nSPS) is 12.2. The number of carbonyl (C=O) groups is 1. The smallest absolute Gasteiger partial charge is 0.279 e. The summed E-state index contributed by atoms with van der Waals surface area (Å²) in [6, 6.07) is 6.41. The zero-order chi connectivity index (χ0) is 20.4. The van der Waals surface area contributed by atoms with Gasteiger partial charge in [-0.25, -0.2) is 4.98 Å². The van der Waals surface area contributed by atoms with Crippen molar-refractivity contribution in [1.82, 2.24) is 4.98 Å². The molecule has 1 atom stereocenters. The van der Waals surface area contributed by atoms with E-state index in [9.17, 15) is 4.79 Å². The monoisotopic (exact) mass is 414 g/mol. The van der Waals surface area contributed by atoms with Crippen molar-refractivity contribution in [2.45, 2.75) is 41.2 Å². The van der Waals surface area contributed by atoms with Gasteiger partial charge in [0.25, 0.3) is 5.91 Å². The Morgan fingerprint density at radius 3 is 2.39 bits per heavy atom. The molecular weight excluding hydrogens is 386 g/mol. The molecular formula is C22H28N3OS2+. The molecule has 0 radical (unpaired) electrons. The van der Waals surface area contributed by atoms with Crippen molar-refractivity contribution in [3.8, 4) is 11.3 Å². The Kier molecular flexibility index (Phi) is 6.33. The minimum Gasteiger partial charge on any atom is -0.324 e. The van der Waals surface area contributed by atoms with E-state index in [4.69, 9.17) is 4.98 Å². The van der Waals surface area contributed by atoms with Gasteiger partial charge < -0.3 is 10.2 Å². The Morgan fingerprint density at radius 1 is 1.11 bits per heavy atom. The second kappa shape index (κ2) is 8.55. The number of nitrogens with one attached hydrogen (secondary N) is 2. The zero-order valence-corrected chi connectivity index (χ0v) is 19.0. The number of benzene rings is 1. The van der Waals surface area contributed by atoms with Crippen LogP contribution in [0.3, 0.4) is 0 Å². The summed E-state index contributed by atoms with van der Waals surface area (Å²) in [5.41, 5.74) is 6.63. The van der Waals surface area contributed by atoms with Crippen LogP contribution in [-0.4, -0.2) is 24.5 Å².